The van der Waals surface area contributed by atoms with Crippen molar-refractivity contribution in [2.75, 3.05) is 26.2 Å². The fourth-order valence-corrected chi connectivity index (χ4v) is 3.78. The Bertz CT molecular complexity index is 524. The summed E-state index contributed by atoms with van der Waals surface area (Å²) in [7, 11) is 0. The monoisotopic (exact) mass is 288 g/mol. The Labute approximate surface area is 126 Å². The molecule has 0 aliphatic carbocycles. The molecule has 2 unspecified atom stereocenters. The summed E-state index contributed by atoms with van der Waals surface area (Å²) in [5.74, 6) is 2.10. The van der Waals surface area contributed by atoms with Gasteiger partial charge in [0, 0.05) is 30.7 Å². The van der Waals surface area contributed by atoms with E-state index in [0.717, 1.165) is 30.9 Å². The van der Waals surface area contributed by atoms with Gasteiger partial charge in [-0.05, 0) is 56.9 Å². The van der Waals surface area contributed by atoms with Gasteiger partial charge in [0.1, 0.15) is 5.75 Å². The number of likely N-dealkylation sites (tertiary alicyclic amines) is 1. The molecular formula is C17H24N2O2. The van der Waals surface area contributed by atoms with Gasteiger partial charge in [-0.15, -0.1) is 0 Å². The molecule has 3 rings (SSSR count). The van der Waals surface area contributed by atoms with Crippen LogP contribution >= 0.6 is 0 Å². The van der Waals surface area contributed by atoms with Crippen molar-refractivity contribution in [1.29, 1.82) is 0 Å². The highest BCUT2D eigenvalue weighted by Crippen LogP contribution is 2.41. The maximum absolute atomic E-state index is 12.8. The molecule has 4 nitrogen and oxygen atoms in total. The van der Waals surface area contributed by atoms with Crippen LogP contribution < -0.4 is 10.1 Å². The van der Waals surface area contributed by atoms with Gasteiger partial charge >= 0.3 is 0 Å². The van der Waals surface area contributed by atoms with E-state index in [2.05, 4.69) is 24.1 Å². The number of ether oxygens (including phenoxy) is 1. The summed E-state index contributed by atoms with van der Waals surface area (Å²) in [5, 5.41) is 3.45. The van der Waals surface area contributed by atoms with E-state index in [0.29, 0.717) is 18.4 Å². The average molecular weight is 288 g/mol. The van der Waals surface area contributed by atoms with E-state index in [4.69, 9.17) is 4.74 Å². The first-order valence-electron chi connectivity index (χ1n) is 7.79. The minimum Gasteiger partial charge on any atom is -0.494 e. The number of nitrogens with one attached hydrogen (secondary N) is 1. The maximum Gasteiger partial charge on any atom is 0.254 e. The minimum atomic E-state index is -0.0795. The first-order valence-corrected chi connectivity index (χ1v) is 7.79. The zero-order valence-corrected chi connectivity index (χ0v) is 13.1. The zero-order valence-electron chi connectivity index (χ0n) is 13.1. The number of fused-ring (bicyclic) bond motifs is 1. The van der Waals surface area contributed by atoms with E-state index in [1.54, 1.807) is 0 Å². The summed E-state index contributed by atoms with van der Waals surface area (Å²) in [6.07, 6.45) is 0. The summed E-state index contributed by atoms with van der Waals surface area (Å²) >= 11 is 0. The normalized spacial score (nSPS) is 26.7. The van der Waals surface area contributed by atoms with Crippen LogP contribution in [0.5, 0.6) is 5.75 Å². The SMILES string of the molecule is CCOc1ccc(C(=O)N2CC3CNCC3C2(C)C)cc1. The van der Waals surface area contributed by atoms with Gasteiger partial charge in [0.25, 0.3) is 5.91 Å². The van der Waals surface area contributed by atoms with Gasteiger partial charge in [0.15, 0.2) is 0 Å². The second-order valence-electron chi connectivity index (χ2n) is 6.55. The van der Waals surface area contributed by atoms with Gasteiger partial charge in [-0.25, -0.2) is 0 Å². The number of rotatable bonds is 3. The third kappa shape index (κ3) is 2.42. The molecule has 2 fully saturated rings. The molecule has 21 heavy (non-hydrogen) atoms. The Hall–Kier alpha value is -1.55. The zero-order chi connectivity index (χ0) is 15.0. The molecule has 4 heteroatoms. The maximum atomic E-state index is 12.8. The third-order valence-corrected chi connectivity index (χ3v) is 5.02. The molecule has 2 aliphatic heterocycles. The standard InChI is InChI=1S/C17H24N2O2/c1-4-21-14-7-5-12(6-8-14)16(20)19-11-13-9-18-10-15(13)17(19,2)3/h5-8,13,15,18H,4,9-11H2,1-3H3. The molecule has 1 aromatic rings. The lowest BCUT2D eigenvalue weighted by molar-refractivity contribution is 0.0603. The molecule has 0 saturated carbocycles. The van der Waals surface area contributed by atoms with Crippen LogP contribution in [0.25, 0.3) is 0 Å². The predicted molar refractivity (Wildman–Crippen MR) is 82.6 cm³/mol. The van der Waals surface area contributed by atoms with E-state index in [-0.39, 0.29) is 11.4 Å². The van der Waals surface area contributed by atoms with Gasteiger partial charge in [0.2, 0.25) is 0 Å². The van der Waals surface area contributed by atoms with Crippen LogP contribution in [0.1, 0.15) is 31.1 Å². The van der Waals surface area contributed by atoms with Crippen LogP contribution in [-0.4, -0.2) is 42.6 Å². The Kier molecular flexibility index (Phi) is 3.66. The topological polar surface area (TPSA) is 41.6 Å². The quantitative estimate of drug-likeness (QED) is 0.926. The summed E-state index contributed by atoms with van der Waals surface area (Å²) in [6, 6.07) is 7.50. The molecule has 0 radical (unpaired) electrons. The highest BCUT2D eigenvalue weighted by Gasteiger charge is 2.51. The molecule has 0 spiro atoms. The van der Waals surface area contributed by atoms with E-state index in [1.807, 2.05) is 31.2 Å². The summed E-state index contributed by atoms with van der Waals surface area (Å²) in [6.45, 7) is 9.89. The number of carbonyl (C=O) groups is 1. The van der Waals surface area contributed by atoms with Crippen molar-refractivity contribution >= 4 is 5.91 Å². The predicted octanol–water partition coefficient (Wildman–Crippen LogP) is 2.16. The van der Waals surface area contributed by atoms with Crippen molar-refractivity contribution in [2.45, 2.75) is 26.3 Å². The van der Waals surface area contributed by atoms with Crippen molar-refractivity contribution in [1.82, 2.24) is 10.2 Å². The molecule has 0 aromatic heterocycles. The summed E-state index contributed by atoms with van der Waals surface area (Å²) < 4.78 is 5.43. The Balaban J connectivity index is 1.79. The van der Waals surface area contributed by atoms with E-state index < -0.39 is 0 Å². The number of benzene rings is 1. The summed E-state index contributed by atoms with van der Waals surface area (Å²) in [5.41, 5.74) is 0.670. The molecule has 0 bridgehead atoms. The van der Waals surface area contributed by atoms with Crippen molar-refractivity contribution in [3.05, 3.63) is 29.8 Å². The minimum absolute atomic E-state index is 0.0795. The van der Waals surface area contributed by atoms with Gasteiger partial charge in [-0.1, -0.05) is 0 Å². The van der Waals surface area contributed by atoms with Gasteiger partial charge in [-0.2, -0.15) is 0 Å². The fraction of sp³-hybridized carbons (Fsp3) is 0.588. The van der Waals surface area contributed by atoms with Crippen LogP contribution in [0.15, 0.2) is 24.3 Å². The Morgan fingerprint density at radius 2 is 2.05 bits per heavy atom. The van der Waals surface area contributed by atoms with Crippen molar-refractivity contribution < 1.29 is 9.53 Å². The Morgan fingerprint density at radius 1 is 1.33 bits per heavy atom. The first kappa shape index (κ1) is 14.4. The molecule has 2 heterocycles. The second-order valence-corrected chi connectivity index (χ2v) is 6.55. The van der Waals surface area contributed by atoms with Crippen molar-refractivity contribution in [2.24, 2.45) is 11.8 Å². The highest BCUT2D eigenvalue weighted by atomic mass is 16.5. The smallest absolute Gasteiger partial charge is 0.254 e. The molecule has 1 amide bonds. The lowest BCUT2D eigenvalue weighted by Gasteiger charge is -2.35. The van der Waals surface area contributed by atoms with Crippen LogP contribution in [-0.2, 0) is 0 Å². The Morgan fingerprint density at radius 3 is 2.67 bits per heavy atom. The molecule has 1 N–H and O–H groups in total. The lowest BCUT2D eigenvalue weighted by Crippen LogP contribution is -2.47. The first-order chi connectivity index (χ1) is 10.0. The number of amides is 1. The number of nitrogens with zero attached hydrogens (tertiary/aromatic N) is 1. The molecular weight excluding hydrogens is 264 g/mol. The number of carbonyl (C=O) groups excluding carboxylic acids is 1. The van der Waals surface area contributed by atoms with Crippen LogP contribution in [0.4, 0.5) is 0 Å². The van der Waals surface area contributed by atoms with Gasteiger partial charge in [-0.3, -0.25) is 4.79 Å². The van der Waals surface area contributed by atoms with Crippen LogP contribution in [0.2, 0.25) is 0 Å². The summed E-state index contributed by atoms with van der Waals surface area (Å²) in [4.78, 5) is 14.9. The molecule has 114 valence electrons. The number of hydrogen-bond acceptors (Lipinski definition) is 3. The van der Waals surface area contributed by atoms with E-state index in [1.165, 1.54) is 0 Å². The van der Waals surface area contributed by atoms with E-state index in [9.17, 15) is 4.79 Å². The highest BCUT2D eigenvalue weighted by molar-refractivity contribution is 5.95. The fourth-order valence-electron chi connectivity index (χ4n) is 3.78. The molecule has 2 atom stereocenters. The van der Waals surface area contributed by atoms with Gasteiger partial charge in [0.05, 0.1) is 6.61 Å². The lowest BCUT2D eigenvalue weighted by atomic mass is 9.84. The molecule has 2 saturated heterocycles. The van der Waals surface area contributed by atoms with Crippen molar-refractivity contribution in [3.8, 4) is 5.75 Å². The van der Waals surface area contributed by atoms with Crippen LogP contribution in [0.3, 0.4) is 0 Å². The average Bonchev–Trinajstić information content (AvgIpc) is 3.02. The largest absolute Gasteiger partial charge is 0.494 e. The van der Waals surface area contributed by atoms with Gasteiger partial charge < -0.3 is 15.0 Å². The van der Waals surface area contributed by atoms with Crippen LogP contribution in [0, 0.1) is 11.8 Å². The molecule has 1 aromatic carbocycles. The second kappa shape index (κ2) is 5.34. The molecule has 2 aliphatic rings. The van der Waals surface area contributed by atoms with Crippen molar-refractivity contribution in [3.63, 3.8) is 0 Å². The number of hydrogen-bond donors (Lipinski definition) is 1. The van der Waals surface area contributed by atoms with E-state index >= 15 is 0 Å². The third-order valence-electron chi connectivity index (χ3n) is 5.02.